The van der Waals surface area contributed by atoms with E-state index in [1.165, 1.54) is 11.8 Å². The summed E-state index contributed by atoms with van der Waals surface area (Å²) >= 11 is 1.46. The van der Waals surface area contributed by atoms with Crippen molar-refractivity contribution in [1.82, 2.24) is 15.5 Å². The quantitative estimate of drug-likeness (QED) is 0.624. The number of rotatable bonds is 2. The van der Waals surface area contributed by atoms with Gasteiger partial charge in [0.2, 0.25) is 0 Å². The predicted molar refractivity (Wildman–Crippen MR) is 78.0 cm³/mol. The van der Waals surface area contributed by atoms with Crippen molar-refractivity contribution in [2.45, 2.75) is 6.54 Å². The Morgan fingerprint density at radius 2 is 1.71 bits per heavy atom. The number of thioether (sulfide) groups is 1. The number of imide groups is 2. The number of barbiturate groups is 1. The van der Waals surface area contributed by atoms with Gasteiger partial charge in [-0.25, -0.2) is 4.79 Å². The number of hydrogen-bond donors (Lipinski definition) is 2. The molecule has 0 unspecified atom stereocenters. The van der Waals surface area contributed by atoms with E-state index >= 15 is 0 Å². The van der Waals surface area contributed by atoms with Crippen LogP contribution in [0.1, 0.15) is 5.56 Å². The summed E-state index contributed by atoms with van der Waals surface area (Å²) in [6, 6.07) is 9.06. The number of urea groups is 1. The van der Waals surface area contributed by atoms with Crippen LogP contribution in [0.2, 0.25) is 0 Å². The molecule has 4 amide bonds. The van der Waals surface area contributed by atoms with Crippen LogP contribution >= 0.6 is 11.8 Å². The van der Waals surface area contributed by atoms with Crippen LogP contribution in [0.4, 0.5) is 4.79 Å². The second-order valence-electron chi connectivity index (χ2n) is 4.67. The summed E-state index contributed by atoms with van der Waals surface area (Å²) < 4.78 is 0. The van der Waals surface area contributed by atoms with Crippen LogP contribution in [0.15, 0.2) is 40.9 Å². The van der Waals surface area contributed by atoms with Crippen LogP contribution in [-0.2, 0) is 16.1 Å². The van der Waals surface area contributed by atoms with Crippen molar-refractivity contribution in [2.24, 2.45) is 0 Å². The number of carbonyl (C=O) groups is 3. The largest absolute Gasteiger partial charge is 0.360 e. The first-order valence-electron chi connectivity index (χ1n) is 6.48. The van der Waals surface area contributed by atoms with Gasteiger partial charge in [0.05, 0.1) is 5.03 Å². The maximum absolute atomic E-state index is 11.9. The maximum Gasteiger partial charge on any atom is 0.328 e. The highest BCUT2D eigenvalue weighted by atomic mass is 32.2. The Morgan fingerprint density at radius 3 is 2.38 bits per heavy atom. The monoisotopic (exact) mass is 303 g/mol. The molecule has 0 spiro atoms. The molecule has 0 saturated carbocycles. The molecule has 2 fully saturated rings. The van der Waals surface area contributed by atoms with Gasteiger partial charge in [-0.1, -0.05) is 30.3 Å². The van der Waals surface area contributed by atoms with Crippen molar-refractivity contribution >= 4 is 29.6 Å². The van der Waals surface area contributed by atoms with Crippen LogP contribution in [0.25, 0.3) is 0 Å². The van der Waals surface area contributed by atoms with E-state index < -0.39 is 17.8 Å². The molecular weight excluding hydrogens is 290 g/mol. The lowest BCUT2D eigenvalue weighted by Crippen LogP contribution is -2.52. The van der Waals surface area contributed by atoms with Gasteiger partial charge < -0.3 is 4.90 Å². The Kier molecular flexibility index (Phi) is 3.66. The summed E-state index contributed by atoms with van der Waals surface area (Å²) in [6.45, 7) is 1.38. The Bertz CT molecular complexity index is 620. The van der Waals surface area contributed by atoms with E-state index in [1.54, 1.807) is 0 Å². The molecule has 2 aliphatic rings. The summed E-state index contributed by atoms with van der Waals surface area (Å²) in [5.41, 5.74) is 1.12. The fourth-order valence-corrected chi connectivity index (χ4v) is 3.46. The van der Waals surface area contributed by atoms with Gasteiger partial charge in [0.25, 0.3) is 11.8 Å². The highest BCUT2D eigenvalue weighted by molar-refractivity contribution is 8.03. The van der Waals surface area contributed by atoms with Gasteiger partial charge in [-0.3, -0.25) is 20.2 Å². The molecule has 2 heterocycles. The van der Waals surface area contributed by atoms with Gasteiger partial charge in [0.15, 0.2) is 0 Å². The third-order valence-corrected chi connectivity index (χ3v) is 4.35. The molecule has 0 radical (unpaired) electrons. The molecule has 21 heavy (non-hydrogen) atoms. The Morgan fingerprint density at radius 1 is 1.05 bits per heavy atom. The zero-order valence-corrected chi connectivity index (χ0v) is 11.9. The second kappa shape index (κ2) is 5.61. The maximum atomic E-state index is 11.9. The van der Waals surface area contributed by atoms with Gasteiger partial charge in [-0.05, 0) is 5.56 Å². The lowest BCUT2D eigenvalue weighted by molar-refractivity contribution is -0.124. The van der Waals surface area contributed by atoms with E-state index in [1.807, 2.05) is 35.2 Å². The van der Waals surface area contributed by atoms with Gasteiger partial charge >= 0.3 is 6.03 Å². The number of nitrogens with one attached hydrogen (secondary N) is 2. The Hall–Kier alpha value is -2.28. The van der Waals surface area contributed by atoms with Crippen LogP contribution in [0.3, 0.4) is 0 Å². The molecule has 6 nitrogen and oxygen atoms in total. The predicted octanol–water partition coefficient (Wildman–Crippen LogP) is 0.813. The number of carbonyl (C=O) groups excluding carboxylic acids is 3. The van der Waals surface area contributed by atoms with Crippen molar-refractivity contribution in [3.8, 4) is 0 Å². The Balaban J connectivity index is 1.89. The van der Waals surface area contributed by atoms with Crippen molar-refractivity contribution in [3.63, 3.8) is 0 Å². The molecule has 0 aromatic heterocycles. The van der Waals surface area contributed by atoms with Crippen LogP contribution < -0.4 is 10.6 Å². The molecule has 0 atom stereocenters. The number of benzene rings is 1. The lowest BCUT2D eigenvalue weighted by atomic mass is 10.2. The average Bonchev–Trinajstić information content (AvgIpc) is 2.87. The summed E-state index contributed by atoms with van der Waals surface area (Å²) in [5, 5.41) is 4.85. The number of hydrogen-bond acceptors (Lipinski definition) is 5. The topological polar surface area (TPSA) is 78.5 Å². The molecule has 1 aromatic rings. The second-order valence-corrected chi connectivity index (χ2v) is 5.76. The van der Waals surface area contributed by atoms with Crippen LogP contribution in [0, 0.1) is 0 Å². The van der Waals surface area contributed by atoms with Gasteiger partial charge in [0.1, 0.15) is 5.57 Å². The molecule has 108 valence electrons. The van der Waals surface area contributed by atoms with E-state index in [0.717, 1.165) is 17.9 Å². The minimum atomic E-state index is -0.771. The summed E-state index contributed by atoms with van der Waals surface area (Å²) in [5.74, 6) is -0.461. The van der Waals surface area contributed by atoms with Gasteiger partial charge in [-0.15, -0.1) is 11.8 Å². The van der Waals surface area contributed by atoms with E-state index in [9.17, 15) is 14.4 Å². The molecule has 0 aliphatic carbocycles. The van der Waals surface area contributed by atoms with Crippen molar-refractivity contribution < 1.29 is 14.4 Å². The zero-order chi connectivity index (χ0) is 14.8. The number of amides is 4. The van der Waals surface area contributed by atoms with Crippen LogP contribution in [-0.4, -0.2) is 35.0 Å². The molecular formula is C14H13N3O3S. The SMILES string of the molecule is O=C1NC(=O)C(=C2SCCN2Cc2ccccc2)C(=O)N1. The first kappa shape index (κ1) is 13.7. The molecule has 3 rings (SSSR count). The van der Waals surface area contributed by atoms with Gasteiger partial charge in [0, 0.05) is 18.8 Å². The zero-order valence-electron chi connectivity index (χ0n) is 11.1. The fraction of sp³-hybridized carbons (Fsp3) is 0.214. The van der Waals surface area contributed by atoms with E-state index in [4.69, 9.17) is 0 Å². The Labute approximate surface area is 125 Å². The summed E-state index contributed by atoms with van der Waals surface area (Å²) in [7, 11) is 0. The standard InChI is InChI=1S/C14H13N3O3S/c18-11-10(12(19)16-14(20)15-11)13-17(6-7-21-13)8-9-4-2-1-3-5-9/h1-5H,6-8H2,(H2,15,16,18,19,20). The minimum absolute atomic E-state index is 0.0213. The summed E-state index contributed by atoms with van der Waals surface area (Å²) in [6.07, 6.45) is 0. The van der Waals surface area contributed by atoms with Crippen LogP contribution in [0.5, 0.6) is 0 Å². The molecule has 7 heteroatoms. The van der Waals surface area contributed by atoms with E-state index in [2.05, 4.69) is 10.6 Å². The first-order valence-corrected chi connectivity index (χ1v) is 7.46. The van der Waals surface area contributed by atoms with Crippen molar-refractivity contribution in [1.29, 1.82) is 0 Å². The van der Waals surface area contributed by atoms with Crippen molar-refractivity contribution in [2.75, 3.05) is 12.3 Å². The third kappa shape index (κ3) is 2.78. The molecule has 1 aromatic carbocycles. The molecule has 0 bridgehead atoms. The highest BCUT2D eigenvalue weighted by Crippen LogP contribution is 2.32. The third-order valence-electron chi connectivity index (χ3n) is 3.23. The van der Waals surface area contributed by atoms with E-state index in [0.29, 0.717) is 11.6 Å². The lowest BCUT2D eigenvalue weighted by Gasteiger charge is -2.23. The minimum Gasteiger partial charge on any atom is -0.360 e. The van der Waals surface area contributed by atoms with Crippen molar-refractivity contribution in [3.05, 3.63) is 46.5 Å². The smallest absolute Gasteiger partial charge is 0.328 e. The molecule has 2 aliphatic heterocycles. The van der Waals surface area contributed by atoms with E-state index in [-0.39, 0.29) is 5.57 Å². The fourth-order valence-electron chi connectivity index (χ4n) is 2.29. The number of nitrogens with zero attached hydrogens (tertiary/aromatic N) is 1. The highest BCUT2D eigenvalue weighted by Gasteiger charge is 2.35. The average molecular weight is 303 g/mol. The van der Waals surface area contributed by atoms with Gasteiger partial charge in [-0.2, -0.15) is 0 Å². The first-order chi connectivity index (χ1) is 10.1. The normalized spacial score (nSPS) is 18.9. The summed E-state index contributed by atoms with van der Waals surface area (Å²) in [4.78, 5) is 36.9. The molecule has 2 N–H and O–H groups in total. The molecule has 2 saturated heterocycles.